The van der Waals surface area contributed by atoms with E-state index in [9.17, 15) is 4.79 Å². The van der Waals surface area contributed by atoms with Crippen LogP contribution in [0.15, 0.2) is 29.9 Å². The Morgan fingerprint density at radius 2 is 2.40 bits per heavy atom. The molecule has 6 heteroatoms. The van der Waals surface area contributed by atoms with Crippen molar-refractivity contribution in [3.63, 3.8) is 0 Å². The molecule has 2 unspecified atom stereocenters. The molecule has 2 atom stereocenters. The zero-order valence-electron chi connectivity index (χ0n) is 11.7. The Hall–Kier alpha value is -1.66. The van der Waals surface area contributed by atoms with E-state index in [0.29, 0.717) is 0 Å². The van der Waals surface area contributed by atoms with Crippen molar-refractivity contribution in [1.29, 1.82) is 0 Å². The molecule has 2 aromatic heterocycles. The largest absolute Gasteiger partial charge is 0.347 e. The summed E-state index contributed by atoms with van der Waals surface area (Å²) in [6.45, 7) is 2.10. The summed E-state index contributed by atoms with van der Waals surface area (Å²) in [6.07, 6.45) is 5.31. The number of nitrogens with one attached hydrogen (secondary N) is 1. The predicted molar refractivity (Wildman–Crippen MR) is 80.2 cm³/mol. The van der Waals surface area contributed by atoms with Gasteiger partial charge in [-0.3, -0.25) is 9.48 Å². The fourth-order valence-corrected chi connectivity index (χ4v) is 2.89. The molecule has 0 fully saturated rings. The van der Waals surface area contributed by atoms with Crippen LogP contribution in [-0.4, -0.2) is 15.7 Å². The standard InChI is InChI=1S/C14H20N4OS/c1-3-5-11(12-6-4-7-20-12)17-14(19)13(15)10-8-16-18(2)9-10/h4,6-9,11,13H,3,5,15H2,1-2H3,(H,17,19). The van der Waals surface area contributed by atoms with Crippen molar-refractivity contribution in [1.82, 2.24) is 15.1 Å². The highest BCUT2D eigenvalue weighted by atomic mass is 32.1. The van der Waals surface area contributed by atoms with E-state index in [1.165, 1.54) is 4.88 Å². The summed E-state index contributed by atoms with van der Waals surface area (Å²) in [4.78, 5) is 13.4. The summed E-state index contributed by atoms with van der Waals surface area (Å²) in [7, 11) is 1.81. The molecule has 1 amide bonds. The summed E-state index contributed by atoms with van der Waals surface area (Å²) in [5, 5.41) is 9.10. The molecule has 0 radical (unpaired) electrons. The van der Waals surface area contributed by atoms with Crippen LogP contribution < -0.4 is 11.1 Å². The number of thiophene rings is 1. The first kappa shape index (κ1) is 14.7. The van der Waals surface area contributed by atoms with Gasteiger partial charge in [-0.05, 0) is 17.9 Å². The van der Waals surface area contributed by atoms with Gasteiger partial charge in [-0.1, -0.05) is 19.4 Å². The molecule has 3 N–H and O–H groups in total. The van der Waals surface area contributed by atoms with E-state index in [1.807, 2.05) is 17.5 Å². The van der Waals surface area contributed by atoms with Crippen molar-refractivity contribution in [2.24, 2.45) is 12.8 Å². The number of hydrogen-bond donors (Lipinski definition) is 2. The highest BCUT2D eigenvalue weighted by Crippen LogP contribution is 2.24. The van der Waals surface area contributed by atoms with Crippen molar-refractivity contribution in [3.8, 4) is 0 Å². The van der Waals surface area contributed by atoms with Crippen molar-refractivity contribution >= 4 is 17.2 Å². The number of hydrogen-bond acceptors (Lipinski definition) is 4. The van der Waals surface area contributed by atoms with Crippen molar-refractivity contribution in [2.45, 2.75) is 31.8 Å². The topological polar surface area (TPSA) is 72.9 Å². The number of amides is 1. The van der Waals surface area contributed by atoms with E-state index in [0.717, 1.165) is 18.4 Å². The fourth-order valence-electron chi connectivity index (χ4n) is 2.08. The SMILES string of the molecule is CCCC(NC(=O)C(N)c1cnn(C)c1)c1cccs1. The number of nitrogens with zero attached hydrogens (tertiary/aromatic N) is 2. The van der Waals surface area contributed by atoms with Crippen LogP contribution in [0.3, 0.4) is 0 Å². The molecule has 0 bridgehead atoms. The molecule has 0 aliphatic carbocycles. The molecule has 0 spiro atoms. The van der Waals surface area contributed by atoms with Gasteiger partial charge in [-0.15, -0.1) is 11.3 Å². The average molecular weight is 292 g/mol. The Balaban J connectivity index is 2.04. The van der Waals surface area contributed by atoms with Gasteiger partial charge in [-0.2, -0.15) is 5.10 Å². The van der Waals surface area contributed by atoms with Crippen LogP contribution in [0.4, 0.5) is 0 Å². The Kier molecular flexibility index (Phi) is 4.92. The van der Waals surface area contributed by atoms with Gasteiger partial charge in [-0.25, -0.2) is 0 Å². The van der Waals surface area contributed by atoms with Crippen LogP contribution in [0.2, 0.25) is 0 Å². The molecule has 20 heavy (non-hydrogen) atoms. The minimum Gasteiger partial charge on any atom is -0.347 e. The summed E-state index contributed by atoms with van der Waals surface area (Å²) in [5.41, 5.74) is 6.72. The van der Waals surface area contributed by atoms with Crippen molar-refractivity contribution in [2.75, 3.05) is 0 Å². The van der Waals surface area contributed by atoms with E-state index in [-0.39, 0.29) is 11.9 Å². The van der Waals surface area contributed by atoms with E-state index >= 15 is 0 Å². The van der Waals surface area contributed by atoms with Gasteiger partial charge >= 0.3 is 0 Å². The van der Waals surface area contributed by atoms with Crippen LogP contribution in [0, 0.1) is 0 Å². The average Bonchev–Trinajstić information content (AvgIpc) is 3.08. The number of carbonyl (C=O) groups is 1. The van der Waals surface area contributed by atoms with Crippen LogP contribution >= 0.6 is 11.3 Å². The molecule has 0 saturated carbocycles. The maximum atomic E-state index is 12.3. The minimum atomic E-state index is -0.678. The first-order chi connectivity index (χ1) is 9.61. The lowest BCUT2D eigenvalue weighted by Gasteiger charge is -2.19. The molecule has 2 aromatic rings. The molecular formula is C14H20N4OS. The summed E-state index contributed by atoms with van der Waals surface area (Å²) >= 11 is 1.65. The minimum absolute atomic E-state index is 0.0372. The summed E-state index contributed by atoms with van der Waals surface area (Å²) in [5.74, 6) is -0.162. The second kappa shape index (κ2) is 6.67. The van der Waals surface area contributed by atoms with Gasteiger partial charge in [0.25, 0.3) is 0 Å². The second-order valence-corrected chi connectivity index (χ2v) is 5.77. The third kappa shape index (κ3) is 3.46. The van der Waals surface area contributed by atoms with Crippen molar-refractivity contribution in [3.05, 3.63) is 40.3 Å². The molecule has 0 aliphatic heterocycles. The monoisotopic (exact) mass is 292 g/mol. The van der Waals surface area contributed by atoms with Gasteiger partial charge < -0.3 is 11.1 Å². The Bertz CT molecular complexity index is 549. The molecule has 108 valence electrons. The fraction of sp³-hybridized carbons (Fsp3) is 0.429. The number of aryl methyl sites for hydroxylation is 1. The molecular weight excluding hydrogens is 272 g/mol. The highest BCUT2D eigenvalue weighted by Gasteiger charge is 2.21. The van der Waals surface area contributed by atoms with Crippen molar-refractivity contribution < 1.29 is 4.79 Å². The first-order valence-electron chi connectivity index (χ1n) is 6.69. The first-order valence-corrected chi connectivity index (χ1v) is 7.57. The lowest BCUT2D eigenvalue weighted by Crippen LogP contribution is -2.36. The smallest absolute Gasteiger partial charge is 0.242 e. The molecule has 0 aromatic carbocycles. The van der Waals surface area contributed by atoms with Crippen LogP contribution in [0.25, 0.3) is 0 Å². The van der Waals surface area contributed by atoms with E-state index in [1.54, 1.807) is 35.5 Å². The Morgan fingerprint density at radius 1 is 1.60 bits per heavy atom. The lowest BCUT2D eigenvalue weighted by molar-refractivity contribution is -0.123. The maximum Gasteiger partial charge on any atom is 0.242 e. The summed E-state index contributed by atoms with van der Waals surface area (Å²) in [6, 6.07) is 3.40. The molecule has 2 heterocycles. The van der Waals surface area contributed by atoms with Crippen LogP contribution in [-0.2, 0) is 11.8 Å². The zero-order valence-corrected chi connectivity index (χ0v) is 12.6. The molecule has 2 rings (SSSR count). The normalized spacial score (nSPS) is 13.9. The van der Waals surface area contributed by atoms with E-state index < -0.39 is 6.04 Å². The van der Waals surface area contributed by atoms with Gasteiger partial charge in [0, 0.05) is 23.7 Å². The highest BCUT2D eigenvalue weighted by molar-refractivity contribution is 7.10. The third-order valence-electron chi connectivity index (χ3n) is 3.15. The molecule has 0 aliphatic rings. The predicted octanol–water partition coefficient (Wildman–Crippen LogP) is 2.14. The van der Waals surface area contributed by atoms with E-state index in [2.05, 4.69) is 17.3 Å². The Morgan fingerprint density at radius 3 is 2.95 bits per heavy atom. The van der Waals surface area contributed by atoms with Gasteiger partial charge in [0.05, 0.1) is 12.2 Å². The maximum absolute atomic E-state index is 12.3. The van der Waals surface area contributed by atoms with E-state index in [4.69, 9.17) is 5.73 Å². The lowest BCUT2D eigenvalue weighted by atomic mass is 10.1. The quantitative estimate of drug-likeness (QED) is 0.856. The molecule has 0 saturated heterocycles. The summed E-state index contributed by atoms with van der Waals surface area (Å²) < 4.78 is 1.64. The van der Waals surface area contributed by atoms with Gasteiger partial charge in [0.15, 0.2) is 0 Å². The second-order valence-electron chi connectivity index (χ2n) is 4.79. The Labute approximate surface area is 122 Å². The molecule has 5 nitrogen and oxygen atoms in total. The van der Waals surface area contributed by atoms with Crippen LogP contribution in [0.5, 0.6) is 0 Å². The third-order valence-corrected chi connectivity index (χ3v) is 4.13. The number of aromatic nitrogens is 2. The van der Waals surface area contributed by atoms with Gasteiger partial charge in [0.2, 0.25) is 5.91 Å². The van der Waals surface area contributed by atoms with Crippen LogP contribution in [0.1, 0.15) is 42.3 Å². The number of rotatable bonds is 6. The number of carbonyl (C=O) groups excluding carboxylic acids is 1. The van der Waals surface area contributed by atoms with Gasteiger partial charge in [0.1, 0.15) is 6.04 Å². The number of nitrogens with two attached hydrogens (primary N) is 1. The zero-order chi connectivity index (χ0) is 14.5.